The van der Waals surface area contributed by atoms with Crippen molar-refractivity contribution in [1.29, 1.82) is 0 Å². The molecule has 5 heteroatoms. The Morgan fingerprint density at radius 2 is 1.83 bits per heavy atom. The minimum Gasteiger partial charge on any atom is -0.383 e. The van der Waals surface area contributed by atoms with Crippen LogP contribution in [0, 0.1) is 6.92 Å². The summed E-state index contributed by atoms with van der Waals surface area (Å²) in [5, 5.41) is 7.50. The van der Waals surface area contributed by atoms with E-state index in [1.165, 1.54) is 10.3 Å². The van der Waals surface area contributed by atoms with E-state index in [9.17, 15) is 0 Å². The molecule has 1 heterocycles. The summed E-state index contributed by atoms with van der Waals surface area (Å²) in [6, 6.07) is 14.8. The fourth-order valence-corrected chi connectivity index (χ4v) is 3.50. The van der Waals surface area contributed by atoms with E-state index in [1.807, 2.05) is 7.05 Å². The smallest absolute Gasteiger partial charge is 0.124 e. The Kier molecular flexibility index (Phi) is 5.80. The van der Waals surface area contributed by atoms with Gasteiger partial charge in [-0.1, -0.05) is 6.07 Å². The van der Waals surface area contributed by atoms with Crippen LogP contribution in [0.15, 0.2) is 42.5 Å². The lowest BCUT2D eigenvalue weighted by atomic mass is 10.2. The minimum absolute atomic E-state index is 0.709. The molecule has 0 atom stereocenters. The quantitative estimate of drug-likeness (QED) is 0.610. The number of fused-ring (bicyclic) bond motifs is 1. The molecule has 1 aromatic heterocycles. The molecule has 2 N–H and O–H groups in total. The van der Waals surface area contributed by atoms with E-state index in [1.54, 1.807) is 11.3 Å². The Labute approximate surface area is 146 Å². The molecule has 0 saturated carbocycles. The van der Waals surface area contributed by atoms with Crippen molar-refractivity contribution in [2.75, 3.05) is 38.7 Å². The maximum Gasteiger partial charge on any atom is 0.124 e. The van der Waals surface area contributed by atoms with Gasteiger partial charge in [-0.15, -0.1) is 11.3 Å². The number of aromatic nitrogens is 1. The minimum atomic E-state index is 0.709. The second-order valence-electron chi connectivity index (χ2n) is 5.71. The Balaban J connectivity index is 1.59. The van der Waals surface area contributed by atoms with Gasteiger partial charge in [-0.2, -0.15) is 0 Å². The van der Waals surface area contributed by atoms with Crippen molar-refractivity contribution in [1.82, 2.24) is 10.3 Å². The average Bonchev–Trinajstić information content (AvgIpc) is 3.01. The first-order chi connectivity index (χ1) is 11.8. The molecule has 0 aliphatic heterocycles. The zero-order valence-electron chi connectivity index (χ0n) is 14.1. The highest BCUT2D eigenvalue weighted by atomic mass is 32.1. The number of aryl methyl sites for hydroxylation is 1. The molecule has 3 rings (SSSR count). The third-order valence-electron chi connectivity index (χ3n) is 3.75. The molecule has 0 radical (unpaired) electrons. The van der Waals surface area contributed by atoms with Gasteiger partial charge in [-0.05, 0) is 55.9 Å². The Morgan fingerprint density at radius 3 is 2.62 bits per heavy atom. The van der Waals surface area contributed by atoms with Gasteiger partial charge in [-0.25, -0.2) is 4.98 Å². The predicted molar refractivity (Wildman–Crippen MR) is 103 cm³/mol. The van der Waals surface area contributed by atoms with Gasteiger partial charge in [0.2, 0.25) is 0 Å². The van der Waals surface area contributed by atoms with Crippen LogP contribution in [0.3, 0.4) is 0 Å². The third-order valence-corrected chi connectivity index (χ3v) is 4.81. The van der Waals surface area contributed by atoms with Gasteiger partial charge in [0, 0.05) is 24.3 Å². The maximum absolute atomic E-state index is 5.50. The zero-order chi connectivity index (χ0) is 16.8. The van der Waals surface area contributed by atoms with Gasteiger partial charge < -0.3 is 15.4 Å². The fourth-order valence-electron chi connectivity index (χ4n) is 2.43. The van der Waals surface area contributed by atoms with Crippen LogP contribution in [0.2, 0.25) is 0 Å². The summed E-state index contributed by atoms with van der Waals surface area (Å²) in [4.78, 5) is 4.73. The molecule has 24 heavy (non-hydrogen) atoms. The van der Waals surface area contributed by atoms with Gasteiger partial charge in [0.05, 0.1) is 23.4 Å². The van der Waals surface area contributed by atoms with Crippen molar-refractivity contribution < 1.29 is 4.74 Å². The lowest BCUT2D eigenvalue weighted by Gasteiger charge is -2.07. The Hall–Kier alpha value is -1.95. The molecule has 0 spiro atoms. The van der Waals surface area contributed by atoms with Gasteiger partial charge in [0.25, 0.3) is 0 Å². The number of thiazole rings is 1. The van der Waals surface area contributed by atoms with Crippen molar-refractivity contribution >= 4 is 27.2 Å². The van der Waals surface area contributed by atoms with Crippen LogP contribution >= 0.6 is 11.3 Å². The standard InChI is InChI=1S/C19H23N3OS/c1-14-3-8-17-18(13-14)24-19(22-17)15-4-6-16(7-5-15)21-10-12-23-11-9-20-2/h3-8,13,20-21H,9-12H2,1-2H3. The molecule has 0 fully saturated rings. The molecular formula is C19H23N3OS. The topological polar surface area (TPSA) is 46.2 Å². The first kappa shape index (κ1) is 16.9. The van der Waals surface area contributed by atoms with Crippen molar-refractivity contribution in [3.63, 3.8) is 0 Å². The second-order valence-corrected chi connectivity index (χ2v) is 6.74. The summed E-state index contributed by atoms with van der Waals surface area (Å²) in [6.07, 6.45) is 0. The van der Waals surface area contributed by atoms with Crippen LogP contribution in [-0.2, 0) is 4.74 Å². The molecule has 0 saturated heterocycles. The number of hydrogen-bond acceptors (Lipinski definition) is 5. The van der Waals surface area contributed by atoms with Gasteiger partial charge in [0.15, 0.2) is 0 Å². The maximum atomic E-state index is 5.50. The Bertz CT molecular complexity index is 783. The summed E-state index contributed by atoms with van der Waals surface area (Å²) in [6.45, 7) is 5.26. The number of ether oxygens (including phenoxy) is 1. The summed E-state index contributed by atoms with van der Waals surface area (Å²) in [5.41, 5.74) is 4.60. The Morgan fingerprint density at radius 1 is 1.04 bits per heavy atom. The van der Waals surface area contributed by atoms with E-state index in [-0.39, 0.29) is 0 Å². The number of rotatable bonds is 8. The molecule has 4 nitrogen and oxygen atoms in total. The molecule has 0 amide bonds. The molecule has 0 unspecified atom stereocenters. The first-order valence-corrected chi connectivity index (χ1v) is 9.02. The molecule has 0 bridgehead atoms. The summed E-state index contributed by atoms with van der Waals surface area (Å²) in [7, 11) is 1.93. The van der Waals surface area contributed by atoms with Crippen molar-refractivity contribution in [3.05, 3.63) is 48.0 Å². The highest BCUT2D eigenvalue weighted by molar-refractivity contribution is 7.21. The lowest BCUT2D eigenvalue weighted by molar-refractivity contribution is 0.147. The second kappa shape index (κ2) is 8.24. The molecule has 2 aromatic carbocycles. The van der Waals surface area contributed by atoms with Crippen LogP contribution in [0.5, 0.6) is 0 Å². The third kappa shape index (κ3) is 4.32. The van der Waals surface area contributed by atoms with Crippen LogP contribution in [0.1, 0.15) is 5.56 Å². The van der Waals surface area contributed by atoms with E-state index in [0.29, 0.717) is 6.61 Å². The number of hydrogen-bond donors (Lipinski definition) is 2. The first-order valence-electron chi connectivity index (χ1n) is 8.20. The van der Waals surface area contributed by atoms with E-state index in [4.69, 9.17) is 9.72 Å². The molecule has 0 aliphatic carbocycles. The van der Waals surface area contributed by atoms with Gasteiger partial charge in [-0.3, -0.25) is 0 Å². The molecule has 126 valence electrons. The SMILES string of the molecule is CNCCOCCNc1ccc(-c2nc3ccc(C)cc3s2)cc1. The van der Waals surface area contributed by atoms with E-state index < -0.39 is 0 Å². The van der Waals surface area contributed by atoms with Crippen molar-refractivity contribution in [3.8, 4) is 10.6 Å². The lowest BCUT2D eigenvalue weighted by Crippen LogP contribution is -2.17. The summed E-state index contributed by atoms with van der Waals surface area (Å²) >= 11 is 1.74. The highest BCUT2D eigenvalue weighted by Gasteiger charge is 2.06. The number of likely N-dealkylation sites (N-methyl/N-ethyl adjacent to an activating group) is 1. The van der Waals surface area contributed by atoms with E-state index in [0.717, 1.165) is 41.5 Å². The van der Waals surface area contributed by atoms with Gasteiger partial charge in [0.1, 0.15) is 5.01 Å². The number of anilines is 1. The van der Waals surface area contributed by atoms with E-state index in [2.05, 4.69) is 60.0 Å². The average molecular weight is 341 g/mol. The summed E-state index contributed by atoms with van der Waals surface area (Å²) in [5.74, 6) is 0. The highest BCUT2D eigenvalue weighted by Crippen LogP contribution is 2.31. The number of benzene rings is 2. The molecule has 3 aromatic rings. The largest absolute Gasteiger partial charge is 0.383 e. The molecular weight excluding hydrogens is 318 g/mol. The van der Waals surface area contributed by atoms with Crippen LogP contribution in [-0.4, -0.2) is 38.3 Å². The van der Waals surface area contributed by atoms with Crippen molar-refractivity contribution in [2.24, 2.45) is 0 Å². The van der Waals surface area contributed by atoms with E-state index >= 15 is 0 Å². The number of nitrogens with one attached hydrogen (secondary N) is 2. The predicted octanol–water partition coefficient (Wildman–Crippen LogP) is 3.92. The monoisotopic (exact) mass is 341 g/mol. The normalized spacial score (nSPS) is 11.1. The summed E-state index contributed by atoms with van der Waals surface area (Å²) < 4.78 is 6.74. The molecule has 0 aliphatic rings. The fraction of sp³-hybridized carbons (Fsp3) is 0.316. The van der Waals surface area contributed by atoms with Crippen molar-refractivity contribution in [2.45, 2.75) is 6.92 Å². The van der Waals surface area contributed by atoms with Crippen LogP contribution < -0.4 is 10.6 Å². The van der Waals surface area contributed by atoms with Gasteiger partial charge >= 0.3 is 0 Å². The zero-order valence-corrected chi connectivity index (χ0v) is 15.0. The van der Waals surface area contributed by atoms with Crippen LogP contribution in [0.4, 0.5) is 5.69 Å². The van der Waals surface area contributed by atoms with Crippen LogP contribution in [0.25, 0.3) is 20.8 Å². The number of nitrogens with zero attached hydrogens (tertiary/aromatic N) is 1.